The quantitative estimate of drug-likeness (QED) is 0.903. The lowest BCUT2D eigenvalue weighted by molar-refractivity contribution is 0.416. The predicted molar refractivity (Wildman–Crippen MR) is 85.2 cm³/mol. The van der Waals surface area contributed by atoms with Gasteiger partial charge in [0.15, 0.2) is 5.82 Å². The molecule has 0 bridgehead atoms. The molecule has 0 saturated heterocycles. The first-order valence-corrected chi connectivity index (χ1v) is 7.56. The van der Waals surface area contributed by atoms with Crippen molar-refractivity contribution in [2.45, 2.75) is 25.7 Å². The van der Waals surface area contributed by atoms with Crippen LogP contribution in [0.25, 0.3) is 11.4 Å². The zero-order valence-electron chi connectivity index (χ0n) is 12.2. The summed E-state index contributed by atoms with van der Waals surface area (Å²) in [6, 6.07) is 7.61. The summed E-state index contributed by atoms with van der Waals surface area (Å²) < 4.78 is 5.41. The molecule has 1 aliphatic rings. The number of aromatic nitrogens is 2. The van der Waals surface area contributed by atoms with Crippen molar-refractivity contribution < 1.29 is 4.74 Å². The number of ether oxygens (including phenoxy) is 1. The van der Waals surface area contributed by atoms with E-state index < -0.39 is 0 Å². The third-order valence-corrected chi connectivity index (χ3v) is 3.83. The minimum absolute atomic E-state index is 0.553. The predicted octanol–water partition coefficient (Wildman–Crippen LogP) is 4.11. The van der Waals surface area contributed by atoms with Gasteiger partial charge in [-0.1, -0.05) is 17.7 Å². The molecule has 3 rings (SSSR count). The summed E-state index contributed by atoms with van der Waals surface area (Å²) in [6.45, 7) is 2.87. The molecule has 1 saturated carbocycles. The fraction of sp³-hybridized carbons (Fsp3) is 0.375. The van der Waals surface area contributed by atoms with Gasteiger partial charge in [-0.25, -0.2) is 9.97 Å². The largest absolute Gasteiger partial charge is 0.496 e. The van der Waals surface area contributed by atoms with Gasteiger partial charge in [0.1, 0.15) is 11.6 Å². The molecule has 4 nitrogen and oxygen atoms in total. The van der Waals surface area contributed by atoms with Crippen LogP contribution in [0.4, 0.5) is 5.82 Å². The number of hydrogen-bond acceptors (Lipinski definition) is 4. The number of hydrogen-bond donors (Lipinski definition) is 1. The van der Waals surface area contributed by atoms with E-state index >= 15 is 0 Å². The van der Waals surface area contributed by atoms with Gasteiger partial charge in [0.25, 0.3) is 0 Å². The average molecular weight is 304 g/mol. The van der Waals surface area contributed by atoms with Crippen LogP contribution < -0.4 is 10.1 Å². The molecule has 1 aromatic carbocycles. The maximum atomic E-state index is 6.34. The number of halogens is 1. The number of benzene rings is 1. The van der Waals surface area contributed by atoms with E-state index in [0.717, 1.165) is 23.6 Å². The summed E-state index contributed by atoms with van der Waals surface area (Å²) in [4.78, 5) is 9.29. The molecule has 0 unspecified atom stereocenters. The van der Waals surface area contributed by atoms with Crippen molar-refractivity contribution in [2.24, 2.45) is 0 Å². The fourth-order valence-corrected chi connectivity index (χ4v) is 2.58. The van der Waals surface area contributed by atoms with Crippen LogP contribution in [0.5, 0.6) is 5.75 Å². The molecule has 0 radical (unpaired) electrons. The Kier molecular flexibility index (Phi) is 3.97. The molecule has 110 valence electrons. The van der Waals surface area contributed by atoms with Gasteiger partial charge in [0.2, 0.25) is 0 Å². The van der Waals surface area contributed by atoms with E-state index in [9.17, 15) is 0 Å². The highest BCUT2D eigenvalue weighted by molar-refractivity contribution is 6.33. The normalized spacial score (nSPS) is 14.0. The minimum atomic E-state index is 0.553. The second kappa shape index (κ2) is 5.90. The Hall–Kier alpha value is -1.81. The third-order valence-electron chi connectivity index (χ3n) is 3.52. The van der Waals surface area contributed by atoms with Crippen LogP contribution in [0.15, 0.2) is 24.3 Å². The first-order chi connectivity index (χ1) is 10.2. The maximum Gasteiger partial charge on any atom is 0.167 e. The molecular formula is C16H18ClN3O. The number of anilines is 1. The Morgan fingerprint density at radius 1 is 1.33 bits per heavy atom. The third kappa shape index (κ3) is 2.95. The first-order valence-electron chi connectivity index (χ1n) is 7.18. The van der Waals surface area contributed by atoms with Crippen molar-refractivity contribution in [3.05, 3.63) is 35.0 Å². The molecule has 0 amide bonds. The molecule has 2 aromatic rings. The summed E-state index contributed by atoms with van der Waals surface area (Å²) in [7, 11) is 1.63. The zero-order chi connectivity index (χ0) is 14.8. The van der Waals surface area contributed by atoms with Crippen LogP contribution in [-0.2, 0) is 0 Å². The van der Waals surface area contributed by atoms with Crippen molar-refractivity contribution in [2.75, 3.05) is 19.0 Å². The second-order valence-electron chi connectivity index (χ2n) is 5.12. The molecule has 0 aliphatic heterocycles. The molecule has 1 N–H and O–H groups in total. The van der Waals surface area contributed by atoms with Gasteiger partial charge in [-0.15, -0.1) is 0 Å². The average Bonchev–Trinajstić information content (AvgIpc) is 3.31. The standard InChI is InChI=1S/C16H18ClN3O/c1-3-18-14-9-12(10-7-8-10)19-16(20-14)15-11(17)5-4-6-13(15)21-2/h4-6,9-10H,3,7-8H2,1-2H3,(H,18,19,20). The summed E-state index contributed by atoms with van der Waals surface area (Å²) in [5.74, 6) is 2.71. The lowest BCUT2D eigenvalue weighted by Gasteiger charge is -2.12. The smallest absolute Gasteiger partial charge is 0.167 e. The van der Waals surface area contributed by atoms with Crippen molar-refractivity contribution in [1.82, 2.24) is 9.97 Å². The lowest BCUT2D eigenvalue weighted by Crippen LogP contribution is -2.04. The number of rotatable bonds is 5. The van der Waals surface area contributed by atoms with Crippen LogP contribution in [0.1, 0.15) is 31.4 Å². The van der Waals surface area contributed by atoms with E-state index in [1.807, 2.05) is 24.3 Å². The Morgan fingerprint density at radius 2 is 2.14 bits per heavy atom. The van der Waals surface area contributed by atoms with Gasteiger partial charge in [-0.2, -0.15) is 0 Å². The van der Waals surface area contributed by atoms with Gasteiger partial charge < -0.3 is 10.1 Å². The van der Waals surface area contributed by atoms with Gasteiger partial charge >= 0.3 is 0 Å². The Bertz CT molecular complexity index is 656. The fourth-order valence-electron chi connectivity index (χ4n) is 2.33. The summed E-state index contributed by atoms with van der Waals surface area (Å²) >= 11 is 6.34. The van der Waals surface area contributed by atoms with E-state index in [-0.39, 0.29) is 0 Å². The monoisotopic (exact) mass is 303 g/mol. The topological polar surface area (TPSA) is 47.0 Å². The molecule has 0 atom stereocenters. The van der Waals surface area contributed by atoms with Crippen LogP contribution >= 0.6 is 11.6 Å². The Balaban J connectivity index is 2.13. The molecule has 1 aromatic heterocycles. The Morgan fingerprint density at radius 3 is 2.81 bits per heavy atom. The first kappa shape index (κ1) is 14.1. The summed E-state index contributed by atoms with van der Waals surface area (Å²) in [6.07, 6.45) is 2.39. The van der Waals surface area contributed by atoms with Gasteiger partial charge in [0.05, 0.1) is 17.7 Å². The molecule has 21 heavy (non-hydrogen) atoms. The molecule has 1 aliphatic carbocycles. The molecule has 1 heterocycles. The highest BCUT2D eigenvalue weighted by atomic mass is 35.5. The van der Waals surface area contributed by atoms with Crippen LogP contribution in [0.3, 0.4) is 0 Å². The van der Waals surface area contributed by atoms with Crippen LogP contribution in [0.2, 0.25) is 5.02 Å². The summed E-state index contributed by atoms with van der Waals surface area (Å²) in [5.41, 5.74) is 1.83. The van der Waals surface area contributed by atoms with Gasteiger partial charge in [-0.05, 0) is 31.9 Å². The van der Waals surface area contributed by atoms with E-state index in [1.165, 1.54) is 12.8 Å². The van der Waals surface area contributed by atoms with E-state index in [4.69, 9.17) is 21.3 Å². The number of nitrogens with zero attached hydrogens (tertiary/aromatic N) is 2. The summed E-state index contributed by atoms with van der Waals surface area (Å²) in [5, 5.41) is 3.86. The SMILES string of the molecule is CCNc1cc(C2CC2)nc(-c2c(Cl)cccc2OC)n1. The van der Waals surface area contributed by atoms with Crippen LogP contribution in [-0.4, -0.2) is 23.6 Å². The number of methoxy groups -OCH3 is 1. The van der Waals surface area contributed by atoms with E-state index in [0.29, 0.717) is 22.5 Å². The van der Waals surface area contributed by atoms with E-state index in [1.54, 1.807) is 7.11 Å². The maximum absolute atomic E-state index is 6.34. The minimum Gasteiger partial charge on any atom is -0.496 e. The van der Waals surface area contributed by atoms with Crippen molar-refractivity contribution >= 4 is 17.4 Å². The van der Waals surface area contributed by atoms with Gasteiger partial charge in [0, 0.05) is 24.2 Å². The van der Waals surface area contributed by atoms with Crippen molar-refractivity contribution in [3.63, 3.8) is 0 Å². The number of nitrogens with one attached hydrogen (secondary N) is 1. The zero-order valence-corrected chi connectivity index (χ0v) is 12.9. The second-order valence-corrected chi connectivity index (χ2v) is 5.53. The van der Waals surface area contributed by atoms with E-state index in [2.05, 4.69) is 17.2 Å². The highest BCUT2D eigenvalue weighted by Gasteiger charge is 2.27. The molecule has 5 heteroatoms. The Labute approximate surface area is 129 Å². The van der Waals surface area contributed by atoms with Crippen molar-refractivity contribution in [1.29, 1.82) is 0 Å². The van der Waals surface area contributed by atoms with Crippen LogP contribution in [0, 0.1) is 0 Å². The highest BCUT2D eigenvalue weighted by Crippen LogP contribution is 2.41. The lowest BCUT2D eigenvalue weighted by atomic mass is 10.1. The molecular weight excluding hydrogens is 286 g/mol. The van der Waals surface area contributed by atoms with Gasteiger partial charge in [-0.3, -0.25) is 0 Å². The molecule has 0 spiro atoms. The molecule has 1 fully saturated rings. The van der Waals surface area contributed by atoms with Crippen molar-refractivity contribution in [3.8, 4) is 17.1 Å².